The molecule has 2 unspecified atom stereocenters. The van der Waals surface area contributed by atoms with Crippen LogP contribution in [0, 0.1) is 40.5 Å². The van der Waals surface area contributed by atoms with Crippen LogP contribution in [0.1, 0.15) is 38.5 Å². The van der Waals surface area contributed by atoms with Gasteiger partial charge in [0.15, 0.2) is 5.75 Å². The lowest BCUT2D eigenvalue weighted by Gasteiger charge is -2.59. The molecule has 0 saturated heterocycles. The Hall–Kier alpha value is 0.940. The maximum Gasteiger partial charge on any atom is 0.317 e. The summed E-state index contributed by atoms with van der Waals surface area (Å²) in [5, 5.41) is 0. The van der Waals surface area contributed by atoms with Crippen LogP contribution in [0.15, 0.2) is 29.2 Å². The van der Waals surface area contributed by atoms with Gasteiger partial charge in [0.05, 0.1) is 22.9 Å². The number of carbonyl (C=O) groups excluding carboxylic acids is 2. The molecule has 198 valence electrons. The molecule has 2 aromatic carbocycles. The van der Waals surface area contributed by atoms with E-state index in [2.05, 4.69) is 67.8 Å². The summed E-state index contributed by atoms with van der Waals surface area (Å²) >= 11 is 10.1. The van der Waals surface area contributed by atoms with Gasteiger partial charge in [0, 0.05) is 10.7 Å². The van der Waals surface area contributed by atoms with Crippen LogP contribution in [0.25, 0.3) is 0 Å². The van der Waals surface area contributed by atoms with Gasteiger partial charge in [-0.3, -0.25) is 9.59 Å². The number of rotatable bonds is 5. The molecule has 7 nitrogen and oxygen atoms in total. The van der Waals surface area contributed by atoms with E-state index in [4.69, 9.17) is 9.47 Å². The minimum atomic E-state index is -4.66. The van der Waals surface area contributed by atoms with Crippen LogP contribution in [0.2, 0.25) is 0 Å². The van der Waals surface area contributed by atoms with Gasteiger partial charge >= 0.3 is 11.9 Å². The summed E-state index contributed by atoms with van der Waals surface area (Å²) in [6.07, 6.45) is 4.12. The lowest BCUT2D eigenvalue weighted by Crippen LogP contribution is -2.59. The fourth-order valence-electron chi connectivity index (χ4n) is 6.62. The van der Waals surface area contributed by atoms with Crippen LogP contribution in [0.5, 0.6) is 11.5 Å². The first-order valence-corrected chi connectivity index (χ1v) is 18.1. The average Bonchev–Trinajstić information content (AvgIpc) is 2.73. The molecule has 2 atom stereocenters. The lowest BCUT2D eigenvalue weighted by molar-refractivity contribution is -0.183. The van der Waals surface area contributed by atoms with Gasteiger partial charge in [-0.05, 0) is 188 Å². The molecule has 4 aliphatic carbocycles. The molecule has 0 amide bonds. The molecule has 0 radical (unpaired) electrons. The molecular formula is C24H18I5O7S-. The van der Waals surface area contributed by atoms with Gasteiger partial charge < -0.3 is 14.0 Å². The van der Waals surface area contributed by atoms with Crippen molar-refractivity contribution in [3.8, 4) is 11.5 Å². The van der Waals surface area contributed by atoms with E-state index < -0.39 is 26.9 Å². The van der Waals surface area contributed by atoms with Gasteiger partial charge in [0.1, 0.15) is 15.9 Å². The van der Waals surface area contributed by atoms with E-state index in [1.165, 1.54) is 12.1 Å². The van der Waals surface area contributed by atoms with Crippen LogP contribution in [-0.2, 0) is 19.7 Å². The number of carbonyl (C=O) groups is 2. The second kappa shape index (κ2) is 10.6. The normalized spacial score (nSPS) is 28.3. The van der Waals surface area contributed by atoms with Gasteiger partial charge in [0.2, 0.25) is 0 Å². The van der Waals surface area contributed by atoms with Crippen LogP contribution in [0.4, 0.5) is 0 Å². The van der Waals surface area contributed by atoms with E-state index in [1.807, 2.05) is 12.1 Å². The van der Waals surface area contributed by atoms with E-state index in [9.17, 15) is 22.6 Å². The second-order valence-electron chi connectivity index (χ2n) is 10.2. The Morgan fingerprint density at radius 1 is 0.784 bits per heavy atom. The Morgan fingerprint density at radius 2 is 1.24 bits per heavy atom. The van der Waals surface area contributed by atoms with Crippen LogP contribution in [0.3, 0.4) is 0 Å². The maximum absolute atomic E-state index is 13.7. The number of ether oxygens (including phenoxy) is 2. The van der Waals surface area contributed by atoms with Crippen molar-refractivity contribution < 1.29 is 32.0 Å². The number of esters is 2. The van der Waals surface area contributed by atoms with Crippen molar-refractivity contribution in [1.29, 1.82) is 0 Å². The summed E-state index contributed by atoms with van der Waals surface area (Å²) in [4.78, 5) is 27.1. The molecule has 0 heterocycles. The standard InChI is InChI=1S/C24H19I5O7S/c25-13-2-15(26)19(16(27)3-13)36-22(31)24-8-11-1-12(9-24)7-23(6-11,10-24)21(30)35-14-4-17(28)20(18(29)5-14)37(32,33)34/h2-5,11-12H,1,6-10H2,(H,32,33,34)/p-1. The monoisotopic (exact) mass is 1080 g/mol. The third-order valence-corrected chi connectivity index (χ3v) is 13.1. The minimum absolute atomic E-state index is 0.196. The average molecular weight is 1080 g/mol. The molecule has 0 N–H and O–H groups in total. The SMILES string of the molecule is O=C(Oc1cc(I)c(S(=O)(=O)[O-])c(I)c1)C12CC3CC(C1)CC(C(=O)Oc1c(I)cc(I)cc1I)(C3)C2. The highest BCUT2D eigenvalue weighted by Crippen LogP contribution is 2.66. The van der Waals surface area contributed by atoms with Gasteiger partial charge in [0.25, 0.3) is 0 Å². The van der Waals surface area contributed by atoms with E-state index >= 15 is 0 Å². The predicted molar refractivity (Wildman–Crippen MR) is 175 cm³/mol. The quantitative estimate of drug-likeness (QED) is 0.142. The molecular weight excluding hydrogens is 1070 g/mol. The van der Waals surface area contributed by atoms with E-state index in [0.717, 1.165) is 17.1 Å². The molecule has 0 aromatic heterocycles. The van der Waals surface area contributed by atoms with Crippen molar-refractivity contribution in [2.45, 2.75) is 43.4 Å². The Bertz CT molecular complexity index is 1380. The van der Waals surface area contributed by atoms with E-state index in [-0.39, 0.29) is 35.6 Å². The van der Waals surface area contributed by atoms with Gasteiger partial charge in [-0.1, -0.05) is 0 Å². The number of benzene rings is 2. The van der Waals surface area contributed by atoms with Crippen molar-refractivity contribution in [2.24, 2.45) is 22.7 Å². The molecule has 6 rings (SSSR count). The first kappa shape index (κ1) is 29.4. The molecule has 4 saturated carbocycles. The summed E-state index contributed by atoms with van der Waals surface area (Å²) in [6, 6.07) is 6.74. The molecule has 4 aliphatic rings. The zero-order chi connectivity index (χ0) is 26.9. The van der Waals surface area contributed by atoms with E-state index in [1.54, 1.807) is 45.2 Å². The van der Waals surface area contributed by atoms with Crippen LogP contribution < -0.4 is 9.47 Å². The Labute approximate surface area is 282 Å². The summed E-state index contributed by atoms with van der Waals surface area (Å²) in [5.41, 5.74) is -1.53. The fraction of sp³-hybridized carbons (Fsp3) is 0.417. The first-order valence-electron chi connectivity index (χ1n) is 11.3. The van der Waals surface area contributed by atoms with Crippen LogP contribution >= 0.6 is 113 Å². The third-order valence-electron chi connectivity index (χ3n) is 7.52. The highest BCUT2D eigenvalue weighted by molar-refractivity contribution is 14.1. The molecule has 0 aliphatic heterocycles. The fourth-order valence-corrected chi connectivity index (χ4v) is 14.3. The molecule has 2 aromatic rings. The first-order chi connectivity index (χ1) is 17.2. The summed E-state index contributed by atoms with van der Waals surface area (Å²) in [5.74, 6) is 0.568. The van der Waals surface area contributed by atoms with Crippen molar-refractivity contribution >= 4 is 135 Å². The predicted octanol–water partition coefficient (Wildman–Crippen LogP) is 6.71. The number of halogens is 5. The maximum atomic E-state index is 13.7. The number of hydrogen-bond donors (Lipinski definition) is 0. The highest BCUT2D eigenvalue weighted by atomic mass is 127. The minimum Gasteiger partial charge on any atom is -0.744 e. The smallest absolute Gasteiger partial charge is 0.317 e. The van der Waals surface area contributed by atoms with Gasteiger partial charge in [-0.2, -0.15) is 0 Å². The highest BCUT2D eigenvalue weighted by Gasteiger charge is 2.64. The summed E-state index contributed by atoms with van der Waals surface area (Å²) in [7, 11) is -4.66. The Morgan fingerprint density at radius 3 is 1.70 bits per heavy atom. The number of hydrogen-bond acceptors (Lipinski definition) is 7. The molecule has 0 spiro atoms. The second-order valence-corrected chi connectivity index (χ2v) is 17.4. The lowest BCUT2D eigenvalue weighted by atomic mass is 9.44. The molecule has 4 fully saturated rings. The van der Waals surface area contributed by atoms with Crippen molar-refractivity contribution in [3.05, 3.63) is 42.1 Å². The summed E-state index contributed by atoms with van der Waals surface area (Å²) in [6.45, 7) is 0. The summed E-state index contributed by atoms with van der Waals surface area (Å²) < 4.78 is 49.9. The molecule has 37 heavy (non-hydrogen) atoms. The van der Waals surface area contributed by atoms with Crippen molar-refractivity contribution in [3.63, 3.8) is 0 Å². The largest absolute Gasteiger partial charge is 0.744 e. The molecule has 4 bridgehead atoms. The molecule has 13 heteroatoms. The van der Waals surface area contributed by atoms with E-state index in [0.29, 0.717) is 37.9 Å². The van der Waals surface area contributed by atoms with Gasteiger partial charge in [-0.25, -0.2) is 8.42 Å². The zero-order valence-electron chi connectivity index (χ0n) is 18.9. The van der Waals surface area contributed by atoms with Crippen molar-refractivity contribution in [2.75, 3.05) is 0 Å². The Kier molecular flexibility index (Phi) is 8.47. The topological polar surface area (TPSA) is 110 Å². The van der Waals surface area contributed by atoms with Gasteiger partial charge in [-0.15, -0.1) is 0 Å². The zero-order valence-corrected chi connectivity index (χ0v) is 30.5. The Balaban J connectivity index is 1.42. The third kappa shape index (κ3) is 5.70. The van der Waals surface area contributed by atoms with Crippen molar-refractivity contribution in [1.82, 2.24) is 0 Å². The van der Waals surface area contributed by atoms with Crippen LogP contribution in [-0.4, -0.2) is 24.9 Å².